The minimum absolute atomic E-state index is 0.132. The molecule has 0 saturated heterocycles. The number of aryl methyl sites for hydroxylation is 1. The summed E-state index contributed by atoms with van der Waals surface area (Å²) in [5, 5.41) is 0. The molecule has 1 aromatic carbocycles. The first-order valence-corrected chi connectivity index (χ1v) is 4.04. The molecule has 66 valence electrons. The molecule has 0 aliphatic carbocycles. The highest BCUT2D eigenvalue weighted by molar-refractivity contribution is 5.23. The van der Waals surface area contributed by atoms with E-state index in [9.17, 15) is 4.39 Å². The molecular weight excluding hydrogens is 155 g/mol. The lowest BCUT2D eigenvalue weighted by Gasteiger charge is -2.02. The molecule has 1 rings (SSSR count). The summed E-state index contributed by atoms with van der Waals surface area (Å²) in [7, 11) is 1.60. The average molecular weight is 168 g/mol. The largest absolute Gasteiger partial charge is 0.380 e. The van der Waals surface area contributed by atoms with Crippen LogP contribution in [0.3, 0.4) is 0 Å². The quantitative estimate of drug-likeness (QED) is 0.674. The zero-order valence-corrected chi connectivity index (χ0v) is 7.43. The fourth-order valence-electron chi connectivity index (χ4n) is 1.13. The van der Waals surface area contributed by atoms with Crippen molar-refractivity contribution in [1.29, 1.82) is 0 Å². The third-order valence-electron chi connectivity index (χ3n) is 1.81. The molecule has 0 aliphatic heterocycles. The van der Waals surface area contributed by atoms with Gasteiger partial charge in [0.2, 0.25) is 0 Å². The second-order valence-corrected chi connectivity index (χ2v) is 2.71. The zero-order valence-electron chi connectivity index (χ0n) is 7.43. The van der Waals surface area contributed by atoms with Crippen LogP contribution in [0.5, 0.6) is 0 Å². The van der Waals surface area contributed by atoms with Crippen LogP contribution in [0.1, 0.15) is 18.1 Å². The third-order valence-corrected chi connectivity index (χ3v) is 1.81. The van der Waals surface area contributed by atoms with Gasteiger partial charge in [0.1, 0.15) is 5.82 Å². The van der Waals surface area contributed by atoms with Gasteiger partial charge < -0.3 is 4.74 Å². The van der Waals surface area contributed by atoms with Gasteiger partial charge in [-0.15, -0.1) is 0 Å². The molecule has 0 fully saturated rings. The van der Waals surface area contributed by atoms with Crippen molar-refractivity contribution >= 4 is 0 Å². The Labute approximate surface area is 72.2 Å². The van der Waals surface area contributed by atoms with E-state index in [0.29, 0.717) is 6.61 Å². The van der Waals surface area contributed by atoms with Crippen molar-refractivity contribution in [3.63, 3.8) is 0 Å². The Morgan fingerprint density at radius 3 is 2.67 bits per heavy atom. The maximum atomic E-state index is 13.1. The summed E-state index contributed by atoms with van der Waals surface area (Å²) in [6.07, 6.45) is 0.735. The summed E-state index contributed by atoms with van der Waals surface area (Å²) >= 11 is 0. The van der Waals surface area contributed by atoms with E-state index in [-0.39, 0.29) is 5.82 Å². The summed E-state index contributed by atoms with van der Waals surface area (Å²) in [5.74, 6) is -0.132. The fourth-order valence-corrected chi connectivity index (χ4v) is 1.13. The molecule has 0 heterocycles. The molecule has 0 radical (unpaired) electrons. The average Bonchev–Trinajstić information content (AvgIpc) is 2.05. The molecular formula is C10H13FO. The molecule has 0 bridgehead atoms. The molecule has 12 heavy (non-hydrogen) atoms. The number of halogens is 1. The molecule has 0 unspecified atom stereocenters. The number of benzene rings is 1. The molecule has 0 N–H and O–H groups in total. The zero-order chi connectivity index (χ0) is 8.97. The fraction of sp³-hybridized carbons (Fsp3) is 0.400. The van der Waals surface area contributed by atoms with Gasteiger partial charge in [0.15, 0.2) is 0 Å². The first-order valence-electron chi connectivity index (χ1n) is 4.04. The first kappa shape index (κ1) is 9.20. The predicted octanol–water partition coefficient (Wildman–Crippen LogP) is 2.53. The minimum atomic E-state index is -0.132. The topological polar surface area (TPSA) is 9.23 Å². The highest BCUT2D eigenvalue weighted by atomic mass is 19.1. The number of hydrogen-bond acceptors (Lipinski definition) is 1. The number of methoxy groups -OCH3 is 1. The lowest BCUT2D eigenvalue weighted by Crippen LogP contribution is -1.92. The molecule has 0 spiro atoms. The van der Waals surface area contributed by atoms with Crippen LogP contribution in [0, 0.1) is 5.82 Å². The molecule has 1 aromatic rings. The smallest absolute Gasteiger partial charge is 0.126 e. The van der Waals surface area contributed by atoms with E-state index < -0.39 is 0 Å². The van der Waals surface area contributed by atoms with Crippen LogP contribution >= 0.6 is 0 Å². The van der Waals surface area contributed by atoms with Crippen LogP contribution in [-0.4, -0.2) is 7.11 Å². The van der Waals surface area contributed by atoms with Crippen LogP contribution < -0.4 is 0 Å². The molecule has 1 nitrogen and oxygen atoms in total. The van der Waals surface area contributed by atoms with E-state index in [4.69, 9.17) is 4.74 Å². The number of hydrogen-bond donors (Lipinski definition) is 0. The van der Waals surface area contributed by atoms with E-state index in [2.05, 4.69) is 0 Å². The van der Waals surface area contributed by atoms with Crippen molar-refractivity contribution < 1.29 is 9.13 Å². The lowest BCUT2D eigenvalue weighted by molar-refractivity contribution is 0.184. The Kier molecular flexibility index (Phi) is 3.23. The van der Waals surface area contributed by atoms with E-state index >= 15 is 0 Å². The second kappa shape index (κ2) is 4.21. The van der Waals surface area contributed by atoms with Crippen molar-refractivity contribution in [2.24, 2.45) is 0 Å². The number of ether oxygens (including phenoxy) is 1. The third kappa shape index (κ3) is 2.05. The van der Waals surface area contributed by atoms with Crippen LogP contribution in [0.2, 0.25) is 0 Å². The predicted molar refractivity (Wildman–Crippen MR) is 46.5 cm³/mol. The van der Waals surface area contributed by atoms with Crippen molar-refractivity contribution in [1.82, 2.24) is 0 Å². The van der Waals surface area contributed by atoms with Crippen LogP contribution in [0.4, 0.5) is 4.39 Å². The van der Waals surface area contributed by atoms with Crippen LogP contribution in [-0.2, 0) is 17.8 Å². The van der Waals surface area contributed by atoms with Gasteiger partial charge >= 0.3 is 0 Å². The Bertz CT molecular complexity index is 258. The molecule has 0 saturated carbocycles. The van der Waals surface area contributed by atoms with Gasteiger partial charge in [0, 0.05) is 7.11 Å². The van der Waals surface area contributed by atoms with E-state index in [1.165, 1.54) is 6.07 Å². The maximum absolute atomic E-state index is 13.1. The molecule has 0 atom stereocenters. The molecule has 2 heteroatoms. The van der Waals surface area contributed by atoms with Gasteiger partial charge in [0.25, 0.3) is 0 Å². The summed E-state index contributed by atoms with van der Waals surface area (Å²) in [6.45, 7) is 2.41. The minimum Gasteiger partial charge on any atom is -0.380 e. The molecule has 0 aliphatic rings. The maximum Gasteiger partial charge on any atom is 0.126 e. The molecule has 0 amide bonds. The highest BCUT2D eigenvalue weighted by Crippen LogP contribution is 2.11. The highest BCUT2D eigenvalue weighted by Gasteiger charge is 2.00. The molecule has 0 aromatic heterocycles. The van der Waals surface area contributed by atoms with Gasteiger partial charge in [-0.1, -0.05) is 19.1 Å². The Morgan fingerprint density at radius 1 is 1.42 bits per heavy atom. The monoisotopic (exact) mass is 168 g/mol. The lowest BCUT2D eigenvalue weighted by atomic mass is 10.1. The SMILES string of the molecule is CCc1ccc(COC)cc1F. The van der Waals surface area contributed by atoms with Gasteiger partial charge in [0.05, 0.1) is 6.61 Å². The van der Waals surface area contributed by atoms with Gasteiger partial charge in [-0.2, -0.15) is 0 Å². The van der Waals surface area contributed by atoms with Crippen LogP contribution in [0.15, 0.2) is 18.2 Å². The van der Waals surface area contributed by atoms with Crippen molar-refractivity contribution in [3.05, 3.63) is 35.1 Å². The van der Waals surface area contributed by atoms with Crippen molar-refractivity contribution in [2.45, 2.75) is 20.0 Å². The van der Waals surface area contributed by atoms with Crippen molar-refractivity contribution in [2.75, 3.05) is 7.11 Å². The second-order valence-electron chi connectivity index (χ2n) is 2.71. The van der Waals surface area contributed by atoms with Gasteiger partial charge in [-0.3, -0.25) is 0 Å². The van der Waals surface area contributed by atoms with Gasteiger partial charge in [-0.25, -0.2) is 4.39 Å². The Hall–Kier alpha value is -0.890. The first-order chi connectivity index (χ1) is 5.77. The van der Waals surface area contributed by atoms with E-state index in [0.717, 1.165) is 17.5 Å². The van der Waals surface area contributed by atoms with E-state index in [1.54, 1.807) is 7.11 Å². The standard InChI is InChI=1S/C10H13FO/c1-3-9-5-4-8(7-12-2)6-10(9)11/h4-6H,3,7H2,1-2H3. The summed E-state index contributed by atoms with van der Waals surface area (Å²) < 4.78 is 18.0. The summed E-state index contributed by atoms with van der Waals surface area (Å²) in [5.41, 5.74) is 1.64. The normalized spacial score (nSPS) is 10.2. The summed E-state index contributed by atoms with van der Waals surface area (Å²) in [4.78, 5) is 0. The van der Waals surface area contributed by atoms with Crippen molar-refractivity contribution in [3.8, 4) is 0 Å². The Morgan fingerprint density at radius 2 is 2.17 bits per heavy atom. The van der Waals surface area contributed by atoms with Crippen LogP contribution in [0.25, 0.3) is 0 Å². The van der Waals surface area contributed by atoms with Gasteiger partial charge in [-0.05, 0) is 23.6 Å². The number of rotatable bonds is 3. The van der Waals surface area contributed by atoms with E-state index in [1.807, 2.05) is 19.1 Å². The summed E-state index contributed by atoms with van der Waals surface area (Å²) in [6, 6.07) is 5.23. The Balaban J connectivity index is 2.86.